The van der Waals surface area contributed by atoms with E-state index in [0.29, 0.717) is 12.2 Å². The number of carbonyl (C=O) groups excluding carboxylic acids is 3. The van der Waals surface area contributed by atoms with E-state index in [-0.39, 0.29) is 18.8 Å². The standard InChI is InChI=1S/C18H32N4O7S/c1-10(2)8-13(18(28)29)22-17(27)12(4-5-15(24)25)21-14(23)9-20-16(26)11(19)6-7-30-3/h10-13H,4-9,19H2,1-3H3,(H,20,26)(H,21,23)(H,22,27)(H,24,25)(H,28,29). The third-order valence-electron chi connectivity index (χ3n) is 4.01. The summed E-state index contributed by atoms with van der Waals surface area (Å²) in [6.45, 7) is 3.13. The Morgan fingerprint density at radius 3 is 2.10 bits per heavy atom. The number of hydrogen-bond acceptors (Lipinski definition) is 7. The molecule has 0 fully saturated rings. The first-order valence-corrected chi connectivity index (χ1v) is 10.9. The van der Waals surface area contributed by atoms with Gasteiger partial charge in [0.1, 0.15) is 12.1 Å². The summed E-state index contributed by atoms with van der Waals surface area (Å²) in [5, 5.41) is 25.1. The van der Waals surface area contributed by atoms with Gasteiger partial charge in [-0.3, -0.25) is 19.2 Å². The predicted molar refractivity (Wildman–Crippen MR) is 112 cm³/mol. The second-order valence-corrected chi connectivity index (χ2v) is 8.17. The van der Waals surface area contributed by atoms with Crippen molar-refractivity contribution in [2.24, 2.45) is 11.7 Å². The molecular weight excluding hydrogens is 416 g/mol. The van der Waals surface area contributed by atoms with Crippen LogP contribution in [0.3, 0.4) is 0 Å². The van der Waals surface area contributed by atoms with Crippen molar-refractivity contribution in [3.8, 4) is 0 Å². The van der Waals surface area contributed by atoms with Crippen LogP contribution in [-0.2, 0) is 24.0 Å². The van der Waals surface area contributed by atoms with Crippen LogP contribution in [-0.4, -0.2) is 76.6 Å². The maximum atomic E-state index is 12.5. The molecule has 7 N–H and O–H groups in total. The molecule has 0 aromatic heterocycles. The van der Waals surface area contributed by atoms with Crippen LogP contribution in [0.2, 0.25) is 0 Å². The minimum absolute atomic E-state index is 0.0102. The first kappa shape index (κ1) is 27.7. The van der Waals surface area contributed by atoms with Gasteiger partial charge in [0.15, 0.2) is 0 Å². The molecule has 0 aromatic carbocycles. The number of rotatable bonds is 15. The second-order valence-electron chi connectivity index (χ2n) is 7.19. The van der Waals surface area contributed by atoms with Gasteiger partial charge in [-0.05, 0) is 37.2 Å². The van der Waals surface area contributed by atoms with E-state index in [0.717, 1.165) is 0 Å². The van der Waals surface area contributed by atoms with E-state index in [1.807, 2.05) is 6.26 Å². The highest BCUT2D eigenvalue weighted by atomic mass is 32.2. The highest BCUT2D eigenvalue weighted by Crippen LogP contribution is 2.07. The minimum atomic E-state index is -1.26. The van der Waals surface area contributed by atoms with Gasteiger partial charge in [-0.25, -0.2) is 4.79 Å². The van der Waals surface area contributed by atoms with Gasteiger partial charge in [-0.15, -0.1) is 0 Å². The summed E-state index contributed by atoms with van der Waals surface area (Å²) in [6.07, 6.45) is 1.83. The Hall–Kier alpha value is -2.34. The van der Waals surface area contributed by atoms with Crippen molar-refractivity contribution in [1.29, 1.82) is 0 Å². The molecule has 0 aliphatic rings. The SMILES string of the molecule is CSCCC(N)C(=O)NCC(=O)NC(CCC(=O)O)C(=O)NC(CC(C)C)C(=O)O. The fraction of sp³-hybridized carbons (Fsp3) is 0.722. The molecule has 0 saturated carbocycles. The largest absolute Gasteiger partial charge is 0.481 e. The average Bonchev–Trinajstić information content (AvgIpc) is 2.65. The summed E-state index contributed by atoms with van der Waals surface area (Å²) >= 11 is 1.53. The molecule has 0 rings (SSSR count). The number of thioether (sulfide) groups is 1. The van der Waals surface area contributed by atoms with Crippen molar-refractivity contribution in [3.05, 3.63) is 0 Å². The van der Waals surface area contributed by atoms with Gasteiger partial charge in [-0.1, -0.05) is 13.8 Å². The van der Waals surface area contributed by atoms with Crippen LogP contribution in [0.15, 0.2) is 0 Å². The van der Waals surface area contributed by atoms with E-state index < -0.39 is 60.8 Å². The van der Waals surface area contributed by atoms with Gasteiger partial charge in [0.25, 0.3) is 0 Å². The van der Waals surface area contributed by atoms with Crippen molar-refractivity contribution < 1.29 is 34.2 Å². The molecule has 0 spiro atoms. The van der Waals surface area contributed by atoms with Crippen LogP contribution in [0.5, 0.6) is 0 Å². The molecule has 0 heterocycles. The zero-order valence-corrected chi connectivity index (χ0v) is 18.3. The highest BCUT2D eigenvalue weighted by molar-refractivity contribution is 7.98. The lowest BCUT2D eigenvalue weighted by molar-refractivity contribution is -0.143. The Morgan fingerprint density at radius 2 is 1.60 bits per heavy atom. The summed E-state index contributed by atoms with van der Waals surface area (Å²) in [5.41, 5.74) is 5.70. The number of carbonyl (C=O) groups is 5. The van der Waals surface area contributed by atoms with E-state index in [1.54, 1.807) is 13.8 Å². The summed E-state index contributed by atoms with van der Waals surface area (Å²) < 4.78 is 0. The quantitative estimate of drug-likeness (QED) is 0.185. The van der Waals surface area contributed by atoms with Crippen LogP contribution in [0.4, 0.5) is 0 Å². The number of amides is 3. The number of carboxylic acid groups (broad SMARTS) is 2. The lowest BCUT2D eigenvalue weighted by Gasteiger charge is -2.22. The van der Waals surface area contributed by atoms with Crippen molar-refractivity contribution >= 4 is 41.4 Å². The van der Waals surface area contributed by atoms with Crippen LogP contribution >= 0.6 is 11.8 Å². The predicted octanol–water partition coefficient (Wildman–Crippen LogP) is -0.852. The molecule has 172 valence electrons. The van der Waals surface area contributed by atoms with E-state index in [2.05, 4.69) is 16.0 Å². The molecule has 0 radical (unpaired) electrons. The van der Waals surface area contributed by atoms with Crippen LogP contribution in [0, 0.1) is 5.92 Å². The van der Waals surface area contributed by atoms with Crippen molar-refractivity contribution in [3.63, 3.8) is 0 Å². The van der Waals surface area contributed by atoms with E-state index in [4.69, 9.17) is 10.8 Å². The molecule has 30 heavy (non-hydrogen) atoms. The fourth-order valence-electron chi connectivity index (χ4n) is 2.42. The lowest BCUT2D eigenvalue weighted by atomic mass is 10.0. The molecular formula is C18H32N4O7S. The number of carboxylic acids is 2. The topological polar surface area (TPSA) is 188 Å². The van der Waals surface area contributed by atoms with E-state index in [1.165, 1.54) is 11.8 Å². The van der Waals surface area contributed by atoms with E-state index >= 15 is 0 Å². The summed E-state index contributed by atoms with van der Waals surface area (Å²) in [7, 11) is 0. The monoisotopic (exact) mass is 448 g/mol. The van der Waals surface area contributed by atoms with Gasteiger partial charge in [0, 0.05) is 6.42 Å². The number of nitrogens with one attached hydrogen (secondary N) is 3. The Labute approximate surface area is 179 Å². The zero-order valence-electron chi connectivity index (χ0n) is 17.5. The summed E-state index contributed by atoms with van der Waals surface area (Å²) in [6, 6.07) is -3.20. The summed E-state index contributed by atoms with van der Waals surface area (Å²) in [4.78, 5) is 58.6. The average molecular weight is 449 g/mol. The van der Waals surface area contributed by atoms with Crippen LogP contribution in [0.1, 0.15) is 39.5 Å². The first-order valence-electron chi connectivity index (χ1n) is 9.54. The molecule has 0 aliphatic carbocycles. The molecule has 0 aliphatic heterocycles. The normalized spacial score (nSPS) is 13.8. The van der Waals surface area contributed by atoms with Crippen molar-refractivity contribution in [1.82, 2.24) is 16.0 Å². The number of nitrogens with two attached hydrogens (primary N) is 1. The van der Waals surface area contributed by atoms with Crippen molar-refractivity contribution in [2.45, 2.75) is 57.7 Å². The fourth-order valence-corrected chi connectivity index (χ4v) is 2.91. The zero-order chi connectivity index (χ0) is 23.3. The second kappa shape index (κ2) is 14.6. The molecule has 0 bridgehead atoms. The lowest BCUT2D eigenvalue weighted by Crippen LogP contribution is -2.54. The smallest absolute Gasteiger partial charge is 0.326 e. The molecule has 11 nitrogen and oxygen atoms in total. The molecule has 3 unspecified atom stereocenters. The van der Waals surface area contributed by atoms with Crippen LogP contribution in [0.25, 0.3) is 0 Å². The van der Waals surface area contributed by atoms with E-state index in [9.17, 15) is 29.1 Å². The Bertz CT molecular complexity index is 615. The van der Waals surface area contributed by atoms with Gasteiger partial charge in [0.2, 0.25) is 17.7 Å². The maximum absolute atomic E-state index is 12.5. The Balaban J connectivity index is 4.92. The van der Waals surface area contributed by atoms with Gasteiger partial charge >= 0.3 is 11.9 Å². The third kappa shape index (κ3) is 12.3. The highest BCUT2D eigenvalue weighted by Gasteiger charge is 2.27. The Morgan fingerprint density at radius 1 is 0.967 bits per heavy atom. The van der Waals surface area contributed by atoms with Crippen LogP contribution < -0.4 is 21.7 Å². The van der Waals surface area contributed by atoms with Gasteiger partial charge in [0.05, 0.1) is 12.6 Å². The Kier molecular flexibility index (Phi) is 13.5. The molecule has 0 saturated heterocycles. The third-order valence-corrected chi connectivity index (χ3v) is 4.66. The minimum Gasteiger partial charge on any atom is -0.481 e. The number of aliphatic carboxylic acids is 2. The molecule has 3 amide bonds. The van der Waals surface area contributed by atoms with Crippen molar-refractivity contribution in [2.75, 3.05) is 18.6 Å². The number of hydrogen-bond donors (Lipinski definition) is 6. The molecule has 0 aromatic rings. The van der Waals surface area contributed by atoms with Gasteiger partial charge < -0.3 is 31.9 Å². The van der Waals surface area contributed by atoms with Gasteiger partial charge in [-0.2, -0.15) is 11.8 Å². The summed E-state index contributed by atoms with van der Waals surface area (Å²) in [5.74, 6) is -3.78. The molecule has 3 atom stereocenters. The molecule has 12 heteroatoms. The maximum Gasteiger partial charge on any atom is 0.326 e. The first-order chi connectivity index (χ1) is 14.0.